The molecular formula is C15H15FNO5P. The highest BCUT2D eigenvalue weighted by molar-refractivity contribution is 7.46. The summed E-state index contributed by atoms with van der Waals surface area (Å²) in [6.45, 7) is -0.228. The van der Waals surface area contributed by atoms with Gasteiger partial charge in [0, 0.05) is 5.69 Å². The van der Waals surface area contributed by atoms with Gasteiger partial charge in [0.25, 0.3) is 0 Å². The zero-order valence-electron chi connectivity index (χ0n) is 12.0. The van der Waals surface area contributed by atoms with Gasteiger partial charge >= 0.3 is 7.82 Å². The summed E-state index contributed by atoms with van der Waals surface area (Å²) in [7, 11) is -4.50. The van der Waals surface area contributed by atoms with Gasteiger partial charge in [-0.05, 0) is 35.4 Å². The fourth-order valence-electron chi connectivity index (χ4n) is 1.84. The van der Waals surface area contributed by atoms with Crippen molar-refractivity contribution in [2.75, 3.05) is 5.32 Å². The molecule has 2 aromatic carbocycles. The first kappa shape index (κ1) is 17.3. The average Bonchev–Trinajstić information content (AvgIpc) is 2.48. The van der Waals surface area contributed by atoms with Gasteiger partial charge in [-0.15, -0.1) is 0 Å². The molecule has 0 radical (unpaired) electrons. The van der Waals surface area contributed by atoms with E-state index in [4.69, 9.17) is 9.79 Å². The number of anilines is 1. The van der Waals surface area contributed by atoms with Crippen LogP contribution in [0.5, 0.6) is 0 Å². The molecule has 122 valence electrons. The van der Waals surface area contributed by atoms with Crippen LogP contribution in [0, 0.1) is 5.82 Å². The summed E-state index contributed by atoms with van der Waals surface area (Å²) >= 11 is 0. The van der Waals surface area contributed by atoms with Crippen LogP contribution >= 0.6 is 7.82 Å². The van der Waals surface area contributed by atoms with E-state index in [2.05, 4.69) is 9.84 Å². The second-order valence-electron chi connectivity index (χ2n) is 4.81. The molecular weight excluding hydrogens is 324 g/mol. The van der Waals surface area contributed by atoms with Crippen molar-refractivity contribution in [3.63, 3.8) is 0 Å². The summed E-state index contributed by atoms with van der Waals surface area (Å²) < 4.78 is 27.8. The molecule has 0 aliphatic rings. The lowest BCUT2D eigenvalue weighted by Crippen LogP contribution is -2.14. The molecule has 0 fully saturated rings. The summed E-state index contributed by atoms with van der Waals surface area (Å²) in [4.78, 5) is 29.1. The van der Waals surface area contributed by atoms with E-state index in [1.807, 2.05) is 0 Å². The largest absolute Gasteiger partial charge is 0.469 e. The smallest absolute Gasteiger partial charge is 0.326 e. The molecule has 0 bridgehead atoms. The number of carbonyl (C=O) groups excluding carboxylic acids is 1. The van der Waals surface area contributed by atoms with Gasteiger partial charge in [0.05, 0.1) is 13.0 Å². The minimum absolute atomic E-state index is 0.114. The number of hydrogen-bond donors (Lipinski definition) is 3. The molecule has 0 unspecified atom stereocenters. The van der Waals surface area contributed by atoms with Gasteiger partial charge in [0.2, 0.25) is 5.91 Å². The molecule has 2 rings (SSSR count). The van der Waals surface area contributed by atoms with Gasteiger partial charge in [-0.3, -0.25) is 9.32 Å². The van der Waals surface area contributed by atoms with Gasteiger partial charge in [-0.2, -0.15) is 0 Å². The quantitative estimate of drug-likeness (QED) is 0.703. The molecule has 1 amide bonds. The molecule has 0 spiro atoms. The predicted molar refractivity (Wildman–Crippen MR) is 82.0 cm³/mol. The molecule has 0 aromatic heterocycles. The van der Waals surface area contributed by atoms with Crippen LogP contribution < -0.4 is 5.32 Å². The number of carbonyl (C=O) groups is 1. The first-order valence-electron chi connectivity index (χ1n) is 6.65. The van der Waals surface area contributed by atoms with Crippen molar-refractivity contribution in [2.24, 2.45) is 0 Å². The molecule has 6 nitrogen and oxygen atoms in total. The minimum Gasteiger partial charge on any atom is -0.326 e. The van der Waals surface area contributed by atoms with Gasteiger partial charge in [-0.1, -0.05) is 24.3 Å². The second kappa shape index (κ2) is 7.48. The van der Waals surface area contributed by atoms with Crippen LogP contribution in [0.1, 0.15) is 11.1 Å². The summed E-state index contributed by atoms with van der Waals surface area (Å²) in [5.41, 5.74) is 1.79. The third kappa shape index (κ3) is 6.30. The van der Waals surface area contributed by atoms with Crippen molar-refractivity contribution in [2.45, 2.75) is 13.0 Å². The molecule has 0 atom stereocenters. The molecule has 3 N–H and O–H groups in total. The lowest BCUT2D eigenvalue weighted by atomic mass is 10.1. The van der Waals surface area contributed by atoms with Crippen molar-refractivity contribution >= 4 is 19.4 Å². The van der Waals surface area contributed by atoms with E-state index in [0.717, 1.165) is 0 Å². The highest BCUT2D eigenvalue weighted by Gasteiger charge is 2.13. The number of phosphoric ester groups is 1. The normalized spacial score (nSPS) is 11.3. The van der Waals surface area contributed by atoms with Crippen molar-refractivity contribution in [1.29, 1.82) is 0 Å². The molecule has 23 heavy (non-hydrogen) atoms. The van der Waals surface area contributed by atoms with E-state index in [1.165, 1.54) is 24.3 Å². The Balaban J connectivity index is 1.88. The van der Waals surface area contributed by atoms with Crippen LogP contribution in [0.4, 0.5) is 10.1 Å². The fraction of sp³-hybridized carbons (Fsp3) is 0.133. The SMILES string of the molecule is O=C(Cc1ccc(F)cc1)Nc1ccc(COP(=O)(O)O)cc1. The van der Waals surface area contributed by atoms with Crippen molar-refractivity contribution in [3.05, 3.63) is 65.5 Å². The zero-order valence-corrected chi connectivity index (χ0v) is 12.9. The Hall–Kier alpha value is -2.05. The lowest BCUT2D eigenvalue weighted by molar-refractivity contribution is -0.115. The zero-order chi connectivity index (χ0) is 16.9. The maximum absolute atomic E-state index is 12.8. The number of amides is 1. The Morgan fingerprint density at radius 3 is 2.17 bits per heavy atom. The van der Waals surface area contributed by atoms with Gasteiger partial charge in [-0.25, -0.2) is 8.96 Å². The number of nitrogens with one attached hydrogen (secondary N) is 1. The molecule has 8 heteroatoms. The van der Waals surface area contributed by atoms with Crippen LogP contribution in [0.2, 0.25) is 0 Å². The Morgan fingerprint density at radius 1 is 1.04 bits per heavy atom. The van der Waals surface area contributed by atoms with Crippen LogP contribution in [0.25, 0.3) is 0 Å². The molecule has 0 saturated heterocycles. The third-order valence-electron chi connectivity index (χ3n) is 2.92. The maximum Gasteiger partial charge on any atom is 0.469 e. The van der Waals surface area contributed by atoms with Crippen molar-refractivity contribution < 1.29 is 28.1 Å². The van der Waals surface area contributed by atoms with E-state index in [0.29, 0.717) is 16.8 Å². The van der Waals surface area contributed by atoms with E-state index >= 15 is 0 Å². The van der Waals surface area contributed by atoms with Crippen LogP contribution in [0.3, 0.4) is 0 Å². The number of rotatable bonds is 6. The highest BCUT2D eigenvalue weighted by Crippen LogP contribution is 2.36. The number of phosphoric acid groups is 1. The van der Waals surface area contributed by atoms with Crippen molar-refractivity contribution in [3.8, 4) is 0 Å². The fourth-order valence-corrected chi connectivity index (χ4v) is 2.15. The van der Waals surface area contributed by atoms with Crippen LogP contribution in [-0.2, 0) is 26.9 Å². The molecule has 0 aliphatic carbocycles. The predicted octanol–water partition coefficient (Wildman–Crippen LogP) is 2.62. The Morgan fingerprint density at radius 2 is 1.61 bits per heavy atom. The Labute approximate surface area is 132 Å². The Kier molecular flexibility index (Phi) is 5.63. The lowest BCUT2D eigenvalue weighted by Gasteiger charge is -2.08. The van der Waals surface area contributed by atoms with Gasteiger partial charge in [0.15, 0.2) is 0 Å². The second-order valence-corrected chi connectivity index (χ2v) is 6.05. The monoisotopic (exact) mass is 339 g/mol. The molecule has 0 heterocycles. The van der Waals surface area contributed by atoms with Crippen molar-refractivity contribution in [1.82, 2.24) is 0 Å². The summed E-state index contributed by atoms with van der Waals surface area (Å²) in [6.07, 6.45) is 0.114. The van der Waals surface area contributed by atoms with Gasteiger partial charge < -0.3 is 15.1 Å². The number of hydrogen-bond acceptors (Lipinski definition) is 3. The highest BCUT2D eigenvalue weighted by atomic mass is 31.2. The summed E-state index contributed by atoms with van der Waals surface area (Å²) in [6, 6.07) is 12.0. The molecule has 0 saturated carbocycles. The first-order chi connectivity index (χ1) is 10.8. The molecule has 0 aliphatic heterocycles. The topological polar surface area (TPSA) is 95.9 Å². The van der Waals surface area contributed by atoms with E-state index in [9.17, 15) is 13.8 Å². The first-order valence-corrected chi connectivity index (χ1v) is 8.18. The number of benzene rings is 2. The van der Waals surface area contributed by atoms with Crippen LogP contribution in [0.15, 0.2) is 48.5 Å². The maximum atomic E-state index is 12.8. The standard InChI is InChI=1S/C15H15FNO5P/c16-13-5-1-11(2-6-13)9-15(18)17-14-7-3-12(4-8-14)10-22-23(19,20)21/h1-8H,9-10H2,(H,17,18)(H2,19,20,21). The van der Waals surface area contributed by atoms with E-state index in [1.54, 1.807) is 24.3 Å². The minimum atomic E-state index is -4.50. The third-order valence-corrected chi connectivity index (χ3v) is 3.38. The summed E-state index contributed by atoms with van der Waals surface area (Å²) in [5, 5.41) is 2.68. The Bertz CT molecular complexity index is 712. The van der Waals surface area contributed by atoms with E-state index < -0.39 is 7.82 Å². The van der Waals surface area contributed by atoms with Gasteiger partial charge in [0.1, 0.15) is 5.82 Å². The number of halogens is 1. The van der Waals surface area contributed by atoms with Crippen LogP contribution in [-0.4, -0.2) is 15.7 Å². The molecule has 2 aromatic rings. The average molecular weight is 339 g/mol. The van der Waals surface area contributed by atoms with E-state index in [-0.39, 0.29) is 24.8 Å². The summed E-state index contributed by atoms with van der Waals surface area (Å²) in [5.74, 6) is -0.613.